The van der Waals surface area contributed by atoms with Crippen LogP contribution in [0.3, 0.4) is 0 Å². The van der Waals surface area contributed by atoms with Crippen molar-refractivity contribution in [3.63, 3.8) is 0 Å². The van der Waals surface area contributed by atoms with Crippen molar-refractivity contribution in [1.82, 2.24) is 9.62 Å². The fourth-order valence-electron chi connectivity index (χ4n) is 4.00. The number of hydrogen-bond donors (Lipinski definition) is 1. The first-order valence-corrected chi connectivity index (χ1v) is 14.2. The van der Waals surface area contributed by atoms with Gasteiger partial charge in [0.15, 0.2) is 0 Å². The van der Waals surface area contributed by atoms with Gasteiger partial charge in [0.25, 0.3) is 0 Å². The van der Waals surface area contributed by atoms with Crippen molar-refractivity contribution < 1.29 is 8.42 Å². The Morgan fingerprint density at radius 1 is 0.688 bits per heavy atom. The van der Waals surface area contributed by atoms with E-state index in [1.165, 1.54) is 5.69 Å². The molecule has 1 N–H and O–H groups in total. The molecule has 0 atom stereocenters. The molecule has 174 valence electrons. The standard InChI is InChI=1S/C13H17BrN2O2S.C10H13BrN2/c14-11-1-3-12(4-2-11)15-7-9-16(10-8-15)19(17,18)13-5-6-13;11-9-1-3-10(4-2-9)13-7-5-12-6-8-13/h1-4,13H,5-10H2;1-4,12H,5-8H2. The van der Waals surface area contributed by atoms with Crippen molar-refractivity contribution in [2.45, 2.75) is 18.1 Å². The van der Waals surface area contributed by atoms with Crippen LogP contribution in [-0.4, -0.2) is 70.3 Å². The zero-order valence-corrected chi connectivity index (χ0v) is 22.1. The van der Waals surface area contributed by atoms with Gasteiger partial charge in [-0.1, -0.05) is 31.9 Å². The molecule has 3 fully saturated rings. The monoisotopic (exact) mass is 584 g/mol. The third kappa shape index (κ3) is 6.26. The Labute approximate surface area is 208 Å². The molecule has 0 amide bonds. The first kappa shape index (κ1) is 24.0. The van der Waals surface area contributed by atoms with E-state index in [0.717, 1.165) is 66.7 Å². The molecule has 0 spiro atoms. The molecule has 2 aromatic carbocycles. The average molecular weight is 586 g/mol. The molecule has 0 bridgehead atoms. The van der Waals surface area contributed by atoms with Gasteiger partial charge < -0.3 is 15.1 Å². The van der Waals surface area contributed by atoms with Crippen LogP contribution in [0.4, 0.5) is 11.4 Å². The van der Waals surface area contributed by atoms with Crippen molar-refractivity contribution in [1.29, 1.82) is 0 Å². The predicted molar refractivity (Wildman–Crippen MR) is 139 cm³/mol. The van der Waals surface area contributed by atoms with Gasteiger partial charge >= 0.3 is 0 Å². The van der Waals surface area contributed by atoms with Gasteiger partial charge in [0, 0.05) is 72.7 Å². The minimum absolute atomic E-state index is 0.0910. The van der Waals surface area contributed by atoms with Crippen molar-refractivity contribution in [3.8, 4) is 0 Å². The van der Waals surface area contributed by atoms with E-state index in [1.54, 1.807) is 4.31 Å². The van der Waals surface area contributed by atoms with Crippen molar-refractivity contribution in [2.75, 3.05) is 62.2 Å². The molecule has 6 nitrogen and oxygen atoms in total. The molecule has 1 aliphatic carbocycles. The van der Waals surface area contributed by atoms with E-state index < -0.39 is 10.0 Å². The number of rotatable bonds is 4. The molecule has 5 rings (SSSR count). The maximum absolute atomic E-state index is 12.1. The molecular weight excluding hydrogens is 556 g/mol. The molecule has 32 heavy (non-hydrogen) atoms. The second-order valence-corrected chi connectivity index (χ2v) is 12.4. The average Bonchev–Trinajstić information content (AvgIpc) is 3.68. The smallest absolute Gasteiger partial charge is 0.217 e. The van der Waals surface area contributed by atoms with E-state index in [-0.39, 0.29) is 5.25 Å². The Morgan fingerprint density at radius 3 is 1.56 bits per heavy atom. The highest BCUT2D eigenvalue weighted by Gasteiger charge is 2.40. The van der Waals surface area contributed by atoms with Crippen LogP contribution in [0, 0.1) is 0 Å². The summed E-state index contributed by atoms with van der Waals surface area (Å²) in [7, 11) is -3.00. The van der Waals surface area contributed by atoms with Gasteiger partial charge in [-0.2, -0.15) is 4.31 Å². The minimum atomic E-state index is -3.00. The van der Waals surface area contributed by atoms with Crippen LogP contribution in [-0.2, 0) is 10.0 Å². The molecule has 3 aliphatic rings. The summed E-state index contributed by atoms with van der Waals surface area (Å²) in [5.74, 6) is 0. The largest absolute Gasteiger partial charge is 0.369 e. The van der Waals surface area contributed by atoms with Crippen LogP contribution >= 0.6 is 31.9 Å². The molecule has 0 unspecified atom stereocenters. The van der Waals surface area contributed by atoms with Crippen molar-refractivity contribution >= 4 is 53.3 Å². The van der Waals surface area contributed by atoms with Crippen LogP contribution < -0.4 is 15.1 Å². The summed E-state index contributed by atoms with van der Waals surface area (Å²) < 4.78 is 28.1. The molecular formula is C23H30Br2N4O2S. The van der Waals surface area contributed by atoms with Gasteiger partial charge in [0.2, 0.25) is 10.0 Å². The lowest BCUT2D eigenvalue weighted by Gasteiger charge is -2.35. The van der Waals surface area contributed by atoms with Crippen LogP contribution in [0.5, 0.6) is 0 Å². The Bertz CT molecular complexity index is 968. The van der Waals surface area contributed by atoms with Gasteiger partial charge in [-0.15, -0.1) is 0 Å². The number of piperazine rings is 2. The fourth-order valence-corrected chi connectivity index (χ4v) is 6.36. The molecule has 2 aromatic rings. The number of halogens is 2. The van der Waals surface area contributed by atoms with E-state index in [0.29, 0.717) is 13.1 Å². The first-order chi connectivity index (χ1) is 15.4. The normalized spacial score (nSPS) is 19.9. The van der Waals surface area contributed by atoms with Gasteiger partial charge in [0.1, 0.15) is 0 Å². The number of sulfonamides is 1. The summed E-state index contributed by atoms with van der Waals surface area (Å²) in [4.78, 5) is 4.65. The SMILES string of the molecule is Brc1ccc(N2CCNCC2)cc1.O=S(=O)(C1CC1)N1CCN(c2ccc(Br)cc2)CC1. The molecule has 9 heteroatoms. The number of hydrogen-bond acceptors (Lipinski definition) is 5. The lowest BCUT2D eigenvalue weighted by Crippen LogP contribution is -2.49. The minimum Gasteiger partial charge on any atom is -0.369 e. The predicted octanol–water partition coefficient (Wildman–Crippen LogP) is 3.92. The lowest BCUT2D eigenvalue weighted by molar-refractivity contribution is 0.384. The highest BCUT2D eigenvalue weighted by atomic mass is 79.9. The Kier molecular flexibility index (Phi) is 8.15. The number of anilines is 2. The second-order valence-electron chi connectivity index (χ2n) is 8.32. The number of nitrogens with one attached hydrogen (secondary N) is 1. The Morgan fingerprint density at radius 2 is 1.12 bits per heavy atom. The van der Waals surface area contributed by atoms with Crippen LogP contribution in [0.1, 0.15) is 12.8 Å². The van der Waals surface area contributed by atoms with Crippen LogP contribution in [0.2, 0.25) is 0 Å². The first-order valence-electron chi connectivity index (χ1n) is 11.1. The highest BCUT2D eigenvalue weighted by Crippen LogP contribution is 2.32. The quantitative estimate of drug-likeness (QED) is 0.589. The summed E-state index contributed by atoms with van der Waals surface area (Å²) in [5.41, 5.74) is 2.48. The molecule has 2 saturated heterocycles. The lowest BCUT2D eigenvalue weighted by atomic mass is 10.2. The summed E-state index contributed by atoms with van der Waals surface area (Å²) >= 11 is 6.86. The summed E-state index contributed by atoms with van der Waals surface area (Å²) in [5, 5.41) is 3.25. The topological polar surface area (TPSA) is 55.9 Å². The van der Waals surface area contributed by atoms with E-state index in [4.69, 9.17) is 0 Å². The second kappa shape index (κ2) is 10.9. The third-order valence-corrected chi connectivity index (χ3v) is 9.50. The Balaban J connectivity index is 0.000000165. The Hall–Kier alpha value is -1.13. The zero-order valence-electron chi connectivity index (χ0n) is 18.1. The van der Waals surface area contributed by atoms with E-state index >= 15 is 0 Å². The van der Waals surface area contributed by atoms with Gasteiger partial charge in [-0.3, -0.25) is 0 Å². The van der Waals surface area contributed by atoms with E-state index in [9.17, 15) is 8.42 Å². The maximum atomic E-state index is 12.1. The number of nitrogens with zero attached hydrogens (tertiary/aromatic N) is 3. The molecule has 1 saturated carbocycles. The summed E-state index contributed by atoms with van der Waals surface area (Å²) in [6.45, 7) is 7.17. The van der Waals surface area contributed by atoms with Gasteiger partial charge in [-0.25, -0.2) is 8.42 Å². The van der Waals surface area contributed by atoms with Gasteiger partial charge in [0.05, 0.1) is 5.25 Å². The summed E-state index contributed by atoms with van der Waals surface area (Å²) in [6, 6.07) is 16.7. The van der Waals surface area contributed by atoms with Crippen LogP contribution in [0.15, 0.2) is 57.5 Å². The maximum Gasteiger partial charge on any atom is 0.217 e. The van der Waals surface area contributed by atoms with Crippen molar-refractivity contribution in [3.05, 3.63) is 57.5 Å². The number of benzene rings is 2. The van der Waals surface area contributed by atoms with Gasteiger partial charge in [-0.05, 0) is 61.4 Å². The zero-order chi connectivity index (χ0) is 22.6. The molecule has 2 aliphatic heterocycles. The van der Waals surface area contributed by atoms with Crippen LogP contribution in [0.25, 0.3) is 0 Å². The highest BCUT2D eigenvalue weighted by molar-refractivity contribution is 9.10. The van der Waals surface area contributed by atoms with E-state index in [1.807, 2.05) is 12.1 Å². The van der Waals surface area contributed by atoms with Crippen molar-refractivity contribution in [2.24, 2.45) is 0 Å². The fraction of sp³-hybridized carbons (Fsp3) is 0.478. The summed E-state index contributed by atoms with van der Waals surface area (Å²) in [6.07, 6.45) is 1.69. The molecule has 0 aromatic heterocycles. The molecule has 0 radical (unpaired) electrons. The van der Waals surface area contributed by atoms with E-state index in [2.05, 4.69) is 83.4 Å². The molecule has 2 heterocycles. The third-order valence-electron chi connectivity index (χ3n) is 6.04.